The van der Waals surface area contributed by atoms with E-state index in [-0.39, 0.29) is 17.4 Å². The quantitative estimate of drug-likeness (QED) is 0.866. The second-order valence-corrected chi connectivity index (χ2v) is 5.09. The van der Waals surface area contributed by atoms with Crippen molar-refractivity contribution in [2.75, 3.05) is 25.0 Å². The molecule has 0 spiro atoms. The molecule has 0 unspecified atom stereocenters. The summed E-state index contributed by atoms with van der Waals surface area (Å²) in [6, 6.07) is 1.32. The van der Waals surface area contributed by atoms with Crippen molar-refractivity contribution >= 4 is 11.8 Å². The molecule has 110 valence electrons. The molecule has 0 atom stereocenters. The van der Waals surface area contributed by atoms with Crippen molar-refractivity contribution in [3.05, 3.63) is 23.6 Å². The van der Waals surface area contributed by atoms with Gasteiger partial charge in [0.25, 0.3) is 0 Å². The molecule has 0 amide bonds. The SMILES string of the molecule is CCCN1CCC(Nc2nccc(C(=O)O)c2F)CC1. The number of hydrogen-bond acceptors (Lipinski definition) is 4. The summed E-state index contributed by atoms with van der Waals surface area (Å²) in [5.74, 6) is -2.01. The predicted octanol–water partition coefficient (Wildman–Crippen LogP) is 2.21. The molecule has 20 heavy (non-hydrogen) atoms. The summed E-state index contributed by atoms with van der Waals surface area (Å²) < 4.78 is 14.0. The number of rotatable bonds is 5. The van der Waals surface area contributed by atoms with Crippen LogP contribution in [0.25, 0.3) is 0 Å². The maximum absolute atomic E-state index is 14.0. The van der Waals surface area contributed by atoms with E-state index >= 15 is 0 Å². The van der Waals surface area contributed by atoms with Gasteiger partial charge < -0.3 is 15.3 Å². The van der Waals surface area contributed by atoms with Gasteiger partial charge in [0.2, 0.25) is 0 Å². The first kappa shape index (κ1) is 14.7. The second-order valence-electron chi connectivity index (χ2n) is 5.09. The molecule has 2 heterocycles. The van der Waals surface area contributed by atoms with Crippen LogP contribution in [0.2, 0.25) is 0 Å². The van der Waals surface area contributed by atoms with Crippen molar-refractivity contribution in [1.29, 1.82) is 0 Å². The highest BCUT2D eigenvalue weighted by Gasteiger charge is 2.21. The standard InChI is InChI=1S/C14H20FN3O2/c1-2-7-18-8-4-10(5-9-18)17-13-12(15)11(14(19)20)3-6-16-13/h3,6,10H,2,4-5,7-9H2,1H3,(H,16,17)(H,19,20). The van der Waals surface area contributed by atoms with E-state index in [1.54, 1.807) is 0 Å². The smallest absolute Gasteiger partial charge is 0.338 e. The second kappa shape index (κ2) is 6.65. The number of piperidine rings is 1. The zero-order valence-electron chi connectivity index (χ0n) is 11.6. The van der Waals surface area contributed by atoms with Gasteiger partial charge in [-0.25, -0.2) is 14.2 Å². The molecule has 0 aromatic carbocycles. The molecule has 0 aliphatic carbocycles. The maximum atomic E-state index is 14.0. The number of nitrogens with one attached hydrogen (secondary N) is 1. The van der Waals surface area contributed by atoms with Crippen LogP contribution >= 0.6 is 0 Å². The maximum Gasteiger partial charge on any atom is 0.338 e. The van der Waals surface area contributed by atoms with Crippen molar-refractivity contribution < 1.29 is 14.3 Å². The van der Waals surface area contributed by atoms with Gasteiger partial charge in [-0.2, -0.15) is 0 Å². The number of halogens is 1. The fourth-order valence-electron chi connectivity index (χ4n) is 2.52. The average molecular weight is 281 g/mol. The van der Waals surface area contributed by atoms with Crippen molar-refractivity contribution in [3.63, 3.8) is 0 Å². The van der Waals surface area contributed by atoms with Gasteiger partial charge >= 0.3 is 5.97 Å². The molecule has 1 aliphatic heterocycles. The van der Waals surface area contributed by atoms with Crippen molar-refractivity contribution in [2.45, 2.75) is 32.2 Å². The number of carboxylic acids is 1. The predicted molar refractivity (Wildman–Crippen MR) is 74.5 cm³/mol. The Bertz CT molecular complexity index is 473. The lowest BCUT2D eigenvalue weighted by atomic mass is 10.0. The molecule has 1 aromatic rings. The van der Waals surface area contributed by atoms with Gasteiger partial charge in [0.1, 0.15) is 5.56 Å². The van der Waals surface area contributed by atoms with Crippen molar-refractivity contribution in [2.24, 2.45) is 0 Å². The average Bonchev–Trinajstić information content (AvgIpc) is 2.43. The van der Waals surface area contributed by atoms with Gasteiger partial charge in [-0.05, 0) is 31.9 Å². The van der Waals surface area contributed by atoms with Gasteiger partial charge in [-0.1, -0.05) is 6.92 Å². The summed E-state index contributed by atoms with van der Waals surface area (Å²) in [6.45, 7) is 5.20. The van der Waals surface area contributed by atoms with Crippen molar-refractivity contribution in [1.82, 2.24) is 9.88 Å². The highest BCUT2D eigenvalue weighted by Crippen LogP contribution is 2.19. The molecule has 0 radical (unpaired) electrons. The van der Waals surface area contributed by atoms with E-state index in [0.717, 1.165) is 38.9 Å². The Hall–Kier alpha value is -1.69. The summed E-state index contributed by atoms with van der Waals surface area (Å²) in [5, 5.41) is 11.9. The molecule has 5 nitrogen and oxygen atoms in total. The summed E-state index contributed by atoms with van der Waals surface area (Å²) in [7, 11) is 0. The molecule has 2 rings (SSSR count). The topological polar surface area (TPSA) is 65.5 Å². The lowest BCUT2D eigenvalue weighted by Gasteiger charge is -2.32. The van der Waals surface area contributed by atoms with E-state index in [1.807, 2.05) is 0 Å². The van der Waals surface area contributed by atoms with Gasteiger partial charge in [0.15, 0.2) is 11.6 Å². The van der Waals surface area contributed by atoms with Crippen LogP contribution in [0.4, 0.5) is 10.2 Å². The van der Waals surface area contributed by atoms with Gasteiger partial charge in [-0.15, -0.1) is 0 Å². The summed E-state index contributed by atoms with van der Waals surface area (Å²) in [6.07, 6.45) is 4.28. The van der Waals surface area contributed by atoms with E-state index in [4.69, 9.17) is 5.11 Å². The fourth-order valence-corrected chi connectivity index (χ4v) is 2.52. The Morgan fingerprint density at radius 1 is 1.55 bits per heavy atom. The third kappa shape index (κ3) is 3.45. The third-order valence-corrected chi connectivity index (χ3v) is 3.59. The molecule has 1 aliphatic rings. The molecule has 0 bridgehead atoms. The number of pyridine rings is 1. The molecule has 6 heteroatoms. The number of anilines is 1. The van der Waals surface area contributed by atoms with E-state index in [2.05, 4.69) is 22.1 Å². The molecule has 1 fully saturated rings. The number of aromatic nitrogens is 1. The van der Waals surface area contributed by atoms with Crippen LogP contribution < -0.4 is 5.32 Å². The highest BCUT2D eigenvalue weighted by atomic mass is 19.1. The lowest BCUT2D eigenvalue weighted by Crippen LogP contribution is -2.39. The Kier molecular flexibility index (Phi) is 4.89. The largest absolute Gasteiger partial charge is 0.478 e. The van der Waals surface area contributed by atoms with Gasteiger partial charge in [0, 0.05) is 25.3 Å². The summed E-state index contributed by atoms with van der Waals surface area (Å²) in [5.41, 5.74) is -0.342. The van der Waals surface area contributed by atoms with Crippen LogP contribution in [0.5, 0.6) is 0 Å². The minimum Gasteiger partial charge on any atom is -0.478 e. The van der Waals surface area contributed by atoms with Crippen LogP contribution in [-0.2, 0) is 0 Å². The summed E-state index contributed by atoms with van der Waals surface area (Å²) in [4.78, 5) is 17.2. The van der Waals surface area contributed by atoms with Crippen LogP contribution in [-0.4, -0.2) is 46.6 Å². The number of hydrogen-bond donors (Lipinski definition) is 2. The number of aromatic carboxylic acids is 1. The van der Waals surface area contributed by atoms with E-state index in [9.17, 15) is 9.18 Å². The van der Waals surface area contributed by atoms with Crippen LogP contribution in [0.15, 0.2) is 12.3 Å². The van der Waals surface area contributed by atoms with Crippen molar-refractivity contribution in [3.8, 4) is 0 Å². The number of nitrogens with zero attached hydrogens (tertiary/aromatic N) is 2. The Morgan fingerprint density at radius 3 is 2.85 bits per heavy atom. The molecular formula is C14H20FN3O2. The zero-order valence-corrected chi connectivity index (χ0v) is 11.6. The Morgan fingerprint density at radius 2 is 2.25 bits per heavy atom. The number of likely N-dealkylation sites (tertiary alicyclic amines) is 1. The minimum atomic E-state index is -1.27. The molecule has 1 aromatic heterocycles. The number of carbonyl (C=O) groups is 1. The lowest BCUT2D eigenvalue weighted by molar-refractivity contribution is 0.0692. The van der Waals surface area contributed by atoms with Crippen LogP contribution in [0, 0.1) is 5.82 Å². The first-order chi connectivity index (χ1) is 9.61. The number of carboxylic acid groups (broad SMARTS) is 1. The Labute approximate surface area is 117 Å². The zero-order chi connectivity index (χ0) is 14.5. The molecule has 1 saturated heterocycles. The monoisotopic (exact) mass is 281 g/mol. The first-order valence-electron chi connectivity index (χ1n) is 6.98. The normalized spacial score (nSPS) is 17.1. The first-order valence-corrected chi connectivity index (χ1v) is 6.98. The fraction of sp³-hybridized carbons (Fsp3) is 0.571. The van der Waals surface area contributed by atoms with Crippen LogP contribution in [0.3, 0.4) is 0 Å². The molecule has 0 saturated carbocycles. The van der Waals surface area contributed by atoms with E-state index in [0.29, 0.717) is 0 Å². The van der Waals surface area contributed by atoms with E-state index < -0.39 is 11.8 Å². The summed E-state index contributed by atoms with van der Waals surface area (Å²) >= 11 is 0. The minimum absolute atomic E-state index is 0.0406. The highest BCUT2D eigenvalue weighted by molar-refractivity contribution is 5.88. The Balaban J connectivity index is 1.98. The van der Waals surface area contributed by atoms with E-state index in [1.165, 1.54) is 12.3 Å². The van der Waals surface area contributed by atoms with Gasteiger partial charge in [0.05, 0.1) is 0 Å². The van der Waals surface area contributed by atoms with Gasteiger partial charge in [-0.3, -0.25) is 0 Å². The van der Waals surface area contributed by atoms with Crippen LogP contribution in [0.1, 0.15) is 36.5 Å². The molecule has 2 N–H and O–H groups in total. The molecular weight excluding hydrogens is 261 g/mol. The third-order valence-electron chi connectivity index (χ3n) is 3.59.